The van der Waals surface area contributed by atoms with Crippen molar-refractivity contribution in [3.63, 3.8) is 0 Å². The number of rotatable bonds is 3. The molecule has 3 nitrogen and oxygen atoms in total. The molecule has 1 N–H and O–H groups in total. The van der Waals surface area contributed by atoms with E-state index in [0.717, 1.165) is 0 Å². The van der Waals surface area contributed by atoms with Crippen LogP contribution in [-0.2, 0) is 7.05 Å². The van der Waals surface area contributed by atoms with Crippen molar-refractivity contribution in [1.29, 1.82) is 0 Å². The molecule has 0 aliphatic carbocycles. The lowest BCUT2D eigenvalue weighted by atomic mass is 10.2. The Morgan fingerprint density at radius 1 is 1.58 bits per heavy atom. The zero-order valence-corrected chi connectivity index (χ0v) is 6.96. The first-order valence-electron chi connectivity index (χ1n) is 3.60. The number of alkyl halides is 2. The van der Waals surface area contributed by atoms with E-state index in [-0.39, 0.29) is 0 Å². The topological polar surface area (TPSA) is 29.9 Å². The first-order valence-corrected chi connectivity index (χ1v) is 3.60. The van der Waals surface area contributed by atoms with Crippen molar-refractivity contribution in [3.05, 3.63) is 18.0 Å². The molecule has 0 spiro atoms. The Bertz CT molecular complexity index is 247. The predicted octanol–water partition coefficient (Wildman–Crippen LogP) is 0.946. The highest BCUT2D eigenvalue weighted by Gasteiger charge is 2.22. The predicted molar refractivity (Wildman–Crippen MR) is 41.0 cm³/mol. The van der Waals surface area contributed by atoms with E-state index in [1.165, 1.54) is 11.7 Å². The SMILES string of the molecule is CNC(c1ccn(C)n1)C(F)F. The van der Waals surface area contributed by atoms with Gasteiger partial charge < -0.3 is 5.32 Å². The minimum absolute atomic E-state index is 0.370. The summed E-state index contributed by atoms with van der Waals surface area (Å²) in [5, 5.41) is 6.38. The fourth-order valence-corrected chi connectivity index (χ4v) is 1.00. The van der Waals surface area contributed by atoms with Gasteiger partial charge in [-0.2, -0.15) is 5.10 Å². The van der Waals surface area contributed by atoms with Crippen molar-refractivity contribution in [2.75, 3.05) is 7.05 Å². The summed E-state index contributed by atoms with van der Waals surface area (Å²) >= 11 is 0. The lowest BCUT2D eigenvalue weighted by molar-refractivity contribution is 0.100. The maximum Gasteiger partial charge on any atom is 0.259 e. The molecule has 0 fully saturated rings. The van der Waals surface area contributed by atoms with Crippen LogP contribution >= 0.6 is 0 Å². The Kier molecular flexibility index (Phi) is 2.75. The number of aromatic nitrogens is 2. The Morgan fingerprint density at radius 2 is 2.25 bits per heavy atom. The van der Waals surface area contributed by atoms with Crippen LogP contribution in [0.4, 0.5) is 8.78 Å². The maximum atomic E-state index is 12.3. The highest BCUT2D eigenvalue weighted by atomic mass is 19.3. The molecule has 0 saturated carbocycles. The van der Waals surface area contributed by atoms with E-state index in [1.54, 1.807) is 19.3 Å². The molecule has 0 aliphatic heterocycles. The molecule has 1 heterocycles. The van der Waals surface area contributed by atoms with Crippen molar-refractivity contribution in [1.82, 2.24) is 15.1 Å². The molecule has 0 aliphatic rings. The van der Waals surface area contributed by atoms with Crippen LogP contribution in [0.5, 0.6) is 0 Å². The Labute approximate surface area is 69.4 Å². The molecule has 1 unspecified atom stereocenters. The molecule has 1 atom stereocenters. The Balaban J connectivity index is 2.80. The quantitative estimate of drug-likeness (QED) is 0.741. The van der Waals surface area contributed by atoms with Crippen LogP contribution < -0.4 is 5.32 Å². The summed E-state index contributed by atoms with van der Waals surface area (Å²) in [6.07, 6.45) is -0.785. The van der Waals surface area contributed by atoms with Gasteiger partial charge in [-0.05, 0) is 13.1 Å². The van der Waals surface area contributed by atoms with Crippen LogP contribution in [0.2, 0.25) is 0 Å². The lowest BCUT2D eigenvalue weighted by Gasteiger charge is -2.11. The van der Waals surface area contributed by atoms with E-state index in [0.29, 0.717) is 5.69 Å². The van der Waals surface area contributed by atoms with E-state index in [4.69, 9.17) is 0 Å². The summed E-state index contributed by atoms with van der Waals surface area (Å²) in [4.78, 5) is 0. The molecule has 0 aromatic carbocycles. The molecule has 1 aromatic heterocycles. The average Bonchev–Trinajstić information content (AvgIpc) is 2.37. The van der Waals surface area contributed by atoms with Crippen molar-refractivity contribution in [2.45, 2.75) is 12.5 Å². The highest BCUT2D eigenvalue weighted by Crippen LogP contribution is 2.17. The van der Waals surface area contributed by atoms with Gasteiger partial charge in [-0.15, -0.1) is 0 Å². The van der Waals surface area contributed by atoms with Gasteiger partial charge >= 0.3 is 0 Å². The summed E-state index contributed by atoms with van der Waals surface area (Å²) in [5.74, 6) is 0. The van der Waals surface area contributed by atoms with Gasteiger partial charge in [0, 0.05) is 13.2 Å². The largest absolute Gasteiger partial charge is 0.307 e. The molecule has 0 saturated heterocycles. The van der Waals surface area contributed by atoms with Crippen molar-refractivity contribution >= 4 is 0 Å². The second-order valence-corrected chi connectivity index (χ2v) is 2.52. The van der Waals surface area contributed by atoms with Crippen LogP contribution in [-0.4, -0.2) is 23.3 Å². The zero-order valence-electron chi connectivity index (χ0n) is 6.96. The third-order valence-electron chi connectivity index (χ3n) is 1.62. The van der Waals surface area contributed by atoms with Gasteiger partial charge in [0.2, 0.25) is 0 Å². The van der Waals surface area contributed by atoms with E-state index in [1.807, 2.05) is 0 Å². The summed E-state index contributed by atoms with van der Waals surface area (Å²) < 4.78 is 26.1. The van der Waals surface area contributed by atoms with E-state index >= 15 is 0 Å². The van der Waals surface area contributed by atoms with Gasteiger partial charge in [-0.25, -0.2) is 8.78 Å². The van der Waals surface area contributed by atoms with E-state index in [9.17, 15) is 8.78 Å². The van der Waals surface area contributed by atoms with Gasteiger partial charge in [0.1, 0.15) is 6.04 Å². The van der Waals surface area contributed by atoms with Gasteiger partial charge in [-0.3, -0.25) is 4.68 Å². The molecule has 68 valence electrons. The molecular formula is C7H11F2N3. The molecule has 1 rings (SSSR count). The fraction of sp³-hybridized carbons (Fsp3) is 0.571. The number of halogens is 2. The number of hydrogen-bond acceptors (Lipinski definition) is 2. The van der Waals surface area contributed by atoms with Gasteiger partial charge in [0.15, 0.2) is 0 Å². The second-order valence-electron chi connectivity index (χ2n) is 2.52. The normalized spacial score (nSPS) is 13.8. The summed E-state index contributed by atoms with van der Waals surface area (Å²) in [6, 6.07) is 0.610. The van der Waals surface area contributed by atoms with E-state index < -0.39 is 12.5 Å². The van der Waals surface area contributed by atoms with Gasteiger partial charge in [0.25, 0.3) is 6.43 Å². The Morgan fingerprint density at radius 3 is 2.58 bits per heavy atom. The Hall–Kier alpha value is -0.970. The van der Waals surface area contributed by atoms with E-state index in [2.05, 4.69) is 10.4 Å². The first kappa shape index (κ1) is 9.12. The van der Waals surface area contributed by atoms with Gasteiger partial charge in [0.05, 0.1) is 5.69 Å². The molecule has 1 aromatic rings. The third-order valence-corrected chi connectivity index (χ3v) is 1.62. The molecular weight excluding hydrogens is 164 g/mol. The summed E-state index contributed by atoms with van der Waals surface area (Å²) in [7, 11) is 3.19. The van der Waals surface area contributed by atoms with Crippen LogP contribution in [0.25, 0.3) is 0 Å². The third kappa shape index (κ3) is 1.79. The molecule has 5 heteroatoms. The smallest absolute Gasteiger partial charge is 0.259 e. The number of nitrogens with one attached hydrogen (secondary N) is 1. The number of nitrogens with zero attached hydrogens (tertiary/aromatic N) is 2. The van der Waals surface area contributed by atoms with Crippen LogP contribution in [0, 0.1) is 0 Å². The van der Waals surface area contributed by atoms with Crippen LogP contribution in [0.15, 0.2) is 12.3 Å². The minimum Gasteiger partial charge on any atom is -0.307 e. The fourth-order valence-electron chi connectivity index (χ4n) is 1.00. The van der Waals surface area contributed by atoms with Crippen molar-refractivity contribution in [3.8, 4) is 0 Å². The van der Waals surface area contributed by atoms with Gasteiger partial charge in [-0.1, -0.05) is 0 Å². The minimum atomic E-state index is -2.43. The summed E-state index contributed by atoms with van der Waals surface area (Å²) in [6.45, 7) is 0. The molecule has 0 bridgehead atoms. The second kappa shape index (κ2) is 3.62. The van der Waals surface area contributed by atoms with Crippen molar-refractivity contribution < 1.29 is 8.78 Å². The average molecular weight is 175 g/mol. The lowest BCUT2D eigenvalue weighted by Crippen LogP contribution is -2.24. The monoisotopic (exact) mass is 175 g/mol. The first-order chi connectivity index (χ1) is 5.65. The van der Waals surface area contributed by atoms with Crippen molar-refractivity contribution in [2.24, 2.45) is 7.05 Å². The standard InChI is InChI=1S/C7H11F2N3/c1-10-6(7(8)9)5-3-4-12(2)11-5/h3-4,6-7,10H,1-2H3. The maximum absolute atomic E-state index is 12.3. The highest BCUT2D eigenvalue weighted by molar-refractivity contribution is 5.05. The number of hydrogen-bond donors (Lipinski definition) is 1. The molecule has 0 radical (unpaired) electrons. The number of aryl methyl sites for hydroxylation is 1. The molecule has 0 amide bonds. The van der Waals surface area contributed by atoms with Crippen LogP contribution in [0.1, 0.15) is 11.7 Å². The zero-order chi connectivity index (χ0) is 9.14. The van der Waals surface area contributed by atoms with Crippen LogP contribution in [0.3, 0.4) is 0 Å². The molecule has 12 heavy (non-hydrogen) atoms. The summed E-state index contributed by atoms with van der Waals surface area (Å²) in [5.41, 5.74) is 0.370.